The van der Waals surface area contributed by atoms with E-state index in [1.807, 2.05) is 0 Å². The SMILES string of the molecule is O=C(C[NH+]1CCN(S(=O)(=O)c2ccc(Cl)cc2)CC1)NCc1ccco1. The molecule has 1 aromatic heterocycles. The molecular formula is C17H21ClN3O4S+. The van der Waals surface area contributed by atoms with Crippen LogP contribution in [0.15, 0.2) is 52.0 Å². The lowest BCUT2D eigenvalue weighted by atomic mass is 10.3. The Hall–Kier alpha value is -1.87. The Morgan fingerprint density at radius 3 is 2.50 bits per heavy atom. The van der Waals surface area contributed by atoms with Crippen LogP contribution in [-0.2, 0) is 21.4 Å². The van der Waals surface area contributed by atoms with Crippen LogP contribution in [0.2, 0.25) is 5.02 Å². The van der Waals surface area contributed by atoms with Crippen molar-refractivity contribution in [3.05, 3.63) is 53.4 Å². The molecule has 0 atom stereocenters. The van der Waals surface area contributed by atoms with Crippen LogP contribution < -0.4 is 10.2 Å². The molecule has 26 heavy (non-hydrogen) atoms. The first kappa shape index (κ1) is 18.9. The quantitative estimate of drug-likeness (QED) is 0.725. The van der Waals surface area contributed by atoms with E-state index in [1.165, 1.54) is 16.4 Å². The number of sulfonamides is 1. The summed E-state index contributed by atoms with van der Waals surface area (Å²) in [5.41, 5.74) is 0. The molecule has 0 aliphatic carbocycles. The minimum Gasteiger partial charge on any atom is -0.467 e. The molecule has 2 heterocycles. The molecule has 0 radical (unpaired) electrons. The number of piperazine rings is 1. The van der Waals surface area contributed by atoms with Crippen LogP contribution in [0.3, 0.4) is 0 Å². The van der Waals surface area contributed by atoms with Gasteiger partial charge in [0.15, 0.2) is 6.54 Å². The summed E-state index contributed by atoms with van der Waals surface area (Å²) in [5, 5.41) is 3.31. The summed E-state index contributed by atoms with van der Waals surface area (Å²) in [4.78, 5) is 13.3. The van der Waals surface area contributed by atoms with Crippen molar-refractivity contribution in [2.45, 2.75) is 11.4 Å². The minimum absolute atomic E-state index is 0.0783. The molecule has 0 unspecified atom stereocenters. The third-order valence-corrected chi connectivity index (χ3v) is 6.50. The van der Waals surface area contributed by atoms with Gasteiger partial charge >= 0.3 is 0 Å². The molecule has 7 nitrogen and oxygen atoms in total. The van der Waals surface area contributed by atoms with Gasteiger partial charge in [-0.05, 0) is 36.4 Å². The number of hydrogen-bond acceptors (Lipinski definition) is 4. The van der Waals surface area contributed by atoms with Gasteiger partial charge in [0.2, 0.25) is 10.0 Å². The van der Waals surface area contributed by atoms with Crippen LogP contribution in [0.5, 0.6) is 0 Å². The van der Waals surface area contributed by atoms with Crippen LogP contribution >= 0.6 is 11.6 Å². The number of hydrogen-bond donors (Lipinski definition) is 2. The van der Waals surface area contributed by atoms with Crippen molar-refractivity contribution in [1.82, 2.24) is 9.62 Å². The van der Waals surface area contributed by atoms with Crippen molar-refractivity contribution in [3.8, 4) is 0 Å². The van der Waals surface area contributed by atoms with E-state index in [0.717, 1.165) is 4.90 Å². The maximum absolute atomic E-state index is 12.6. The van der Waals surface area contributed by atoms with Crippen molar-refractivity contribution < 1.29 is 22.5 Å². The molecule has 1 saturated heterocycles. The fourth-order valence-corrected chi connectivity index (χ4v) is 4.43. The Kier molecular flexibility index (Phi) is 5.98. The van der Waals surface area contributed by atoms with Crippen molar-refractivity contribution in [1.29, 1.82) is 0 Å². The van der Waals surface area contributed by atoms with Gasteiger partial charge in [-0.2, -0.15) is 4.31 Å². The molecule has 1 aliphatic rings. The molecule has 0 saturated carbocycles. The fraction of sp³-hybridized carbons (Fsp3) is 0.353. The van der Waals surface area contributed by atoms with E-state index in [-0.39, 0.29) is 10.8 Å². The molecule has 1 aromatic carbocycles. The van der Waals surface area contributed by atoms with Gasteiger partial charge in [0.05, 0.1) is 43.9 Å². The number of benzene rings is 1. The third kappa shape index (κ3) is 4.64. The largest absolute Gasteiger partial charge is 0.467 e. The maximum atomic E-state index is 12.6. The Labute approximate surface area is 157 Å². The maximum Gasteiger partial charge on any atom is 0.275 e. The van der Waals surface area contributed by atoms with Crippen LogP contribution in [0.1, 0.15) is 5.76 Å². The number of nitrogens with one attached hydrogen (secondary N) is 2. The Balaban J connectivity index is 1.49. The number of furan rings is 1. The van der Waals surface area contributed by atoms with Crippen LogP contribution in [0.25, 0.3) is 0 Å². The summed E-state index contributed by atoms with van der Waals surface area (Å²) in [6, 6.07) is 9.73. The molecule has 9 heteroatoms. The summed E-state index contributed by atoms with van der Waals surface area (Å²) in [6.45, 7) is 2.60. The van der Waals surface area contributed by atoms with Gasteiger partial charge in [0.1, 0.15) is 5.76 Å². The fourth-order valence-electron chi connectivity index (χ4n) is 2.86. The molecule has 0 spiro atoms. The van der Waals surface area contributed by atoms with E-state index >= 15 is 0 Å². The number of rotatable bonds is 6. The minimum atomic E-state index is -3.52. The van der Waals surface area contributed by atoms with Crippen LogP contribution in [-0.4, -0.2) is 51.4 Å². The zero-order valence-corrected chi connectivity index (χ0v) is 15.7. The predicted molar refractivity (Wildman–Crippen MR) is 96.3 cm³/mol. The number of nitrogens with zero attached hydrogens (tertiary/aromatic N) is 1. The summed E-state index contributed by atoms with van der Waals surface area (Å²) in [5.74, 6) is 0.623. The summed E-state index contributed by atoms with van der Waals surface area (Å²) in [6.07, 6.45) is 1.56. The van der Waals surface area contributed by atoms with Gasteiger partial charge in [0.25, 0.3) is 5.91 Å². The highest BCUT2D eigenvalue weighted by Crippen LogP contribution is 2.18. The molecule has 1 aliphatic heterocycles. The number of carbonyl (C=O) groups is 1. The van der Waals surface area contributed by atoms with Crippen molar-refractivity contribution in [2.75, 3.05) is 32.7 Å². The highest BCUT2D eigenvalue weighted by Gasteiger charge is 2.31. The molecule has 2 N–H and O–H groups in total. The van der Waals surface area contributed by atoms with E-state index in [0.29, 0.717) is 50.1 Å². The molecule has 2 aromatic rings. The summed E-state index contributed by atoms with van der Waals surface area (Å²) < 4.78 is 31.9. The van der Waals surface area contributed by atoms with Crippen LogP contribution in [0, 0.1) is 0 Å². The predicted octanol–water partition coefficient (Wildman–Crippen LogP) is 0.139. The standard InChI is InChI=1S/C17H20ClN3O4S/c18-14-3-5-16(6-4-14)26(23,24)21-9-7-20(8-10-21)13-17(22)19-12-15-2-1-11-25-15/h1-6,11H,7-10,12-13H2,(H,19,22)/p+1. The number of carbonyl (C=O) groups excluding carboxylic acids is 1. The molecule has 1 amide bonds. The first-order valence-electron chi connectivity index (χ1n) is 8.33. The first-order valence-corrected chi connectivity index (χ1v) is 10.2. The first-order chi connectivity index (χ1) is 12.4. The average molecular weight is 399 g/mol. The second kappa shape index (κ2) is 8.22. The van der Waals surface area contributed by atoms with Gasteiger partial charge in [0, 0.05) is 5.02 Å². The van der Waals surface area contributed by atoms with Crippen molar-refractivity contribution >= 4 is 27.5 Å². The third-order valence-electron chi connectivity index (χ3n) is 4.33. The summed E-state index contributed by atoms with van der Waals surface area (Å²) >= 11 is 5.82. The lowest BCUT2D eigenvalue weighted by Crippen LogP contribution is -3.15. The second-order valence-electron chi connectivity index (χ2n) is 6.14. The molecule has 140 valence electrons. The van der Waals surface area contributed by atoms with Crippen molar-refractivity contribution in [2.24, 2.45) is 0 Å². The van der Waals surface area contributed by atoms with E-state index in [9.17, 15) is 13.2 Å². The second-order valence-corrected chi connectivity index (χ2v) is 8.52. The Morgan fingerprint density at radius 1 is 1.19 bits per heavy atom. The van der Waals surface area contributed by atoms with E-state index < -0.39 is 10.0 Å². The van der Waals surface area contributed by atoms with Gasteiger partial charge in [-0.25, -0.2) is 8.42 Å². The highest BCUT2D eigenvalue weighted by molar-refractivity contribution is 7.89. The topological polar surface area (TPSA) is 84.1 Å². The van der Waals surface area contributed by atoms with E-state index in [4.69, 9.17) is 16.0 Å². The van der Waals surface area contributed by atoms with E-state index in [1.54, 1.807) is 30.5 Å². The molecule has 3 rings (SSSR count). The number of halogens is 1. The lowest BCUT2D eigenvalue weighted by Gasteiger charge is -2.31. The van der Waals surface area contributed by atoms with Gasteiger partial charge in [-0.3, -0.25) is 4.79 Å². The number of amides is 1. The average Bonchev–Trinajstić information content (AvgIpc) is 3.14. The van der Waals surface area contributed by atoms with Crippen molar-refractivity contribution in [3.63, 3.8) is 0 Å². The Morgan fingerprint density at radius 2 is 1.88 bits per heavy atom. The normalized spacial score (nSPS) is 16.5. The van der Waals surface area contributed by atoms with Gasteiger partial charge in [-0.15, -0.1) is 0 Å². The Bertz CT molecular complexity index is 829. The zero-order valence-electron chi connectivity index (χ0n) is 14.2. The molecular weight excluding hydrogens is 378 g/mol. The van der Waals surface area contributed by atoms with E-state index in [2.05, 4.69) is 5.32 Å². The molecule has 1 fully saturated rings. The van der Waals surface area contributed by atoms with Gasteiger partial charge in [-0.1, -0.05) is 11.6 Å². The molecule has 0 bridgehead atoms. The monoisotopic (exact) mass is 398 g/mol. The van der Waals surface area contributed by atoms with Gasteiger partial charge < -0.3 is 14.6 Å². The number of quaternary nitrogens is 1. The van der Waals surface area contributed by atoms with Crippen LogP contribution in [0.4, 0.5) is 0 Å². The smallest absolute Gasteiger partial charge is 0.275 e. The summed E-state index contributed by atoms with van der Waals surface area (Å²) in [7, 11) is -3.52. The zero-order chi connectivity index (χ0) is 18.6. The highest BCUT2D eigenvalue weighted by atomic mass is 35.5. The lowest BCUT2D eigenvalue weighted by molar-refractivity contribution is -0.895.